The van der Waals surface area contributed by atoms with Crippen molar-refractivity contribution in [2.45, 2.75) is 76.5 Å². The van der Waals surface area contributed by atoms with E-state index in [2.05, 4.69) is 10.6 Å². The van der Waals surface area contributed by atoms with Crippen LogP contribution in [0.5, 0.6) is 0 Å². The lowest BCUT2D eigenvalue weighted by Gasteiger charge is -2.41. The minimum Gasteiger partial charge on any atom is -0.376 e. The van der Waals surface area contributed by atoms with Gasteiger partial charge >= 0.3 is 0 Å². The van der Waals surface area contributed by atoms with Gasteiger partial charge in [0.15, 0.2) is 0 Å². The van der Waals surface area contributed by atoms with Gasteiger partial charge in [0.2, 0.25) is 11.8 Å². The van der Waals surface area contributed by atoms with Crippen molar-refractivity contribution in [3.05, 3.63) is 35.9 Å². The summed E-state index contributed by atoms with van der Waals surface area (Å²) in [5.41, 5.74) is -0.499. The van der Waals surface area contributed by atoms with Crippen molar-refractivity contribution in [1.82, 2.24) is 15.5 Å². The van der Waals surface area contributed by atoms with Crippen LogP contribution >= 0.6 is 0 Å². The molecule has 170 valence electrons. The first-order valence-electron chi connectivity index (χ1n) is 11.5. The number of rotatable bonds is 9. The molecule has 1 aromatic rings. The highest BCUT2D eigenvalue weighted by Crippen LogP contribution is 2.26. The number of carbonyl (C=O) groups excluding carboxylic acids is 3. The standard InChI is InChI=1S/C24H35N3O4/c1-3-24(2,23(30)26-19-12-7-8-13-19)27(17-20-14-9-15-31-20)21(28)16-25-22(29)18-10-5-4-6-11-18/h4-6,10-11,19-20H,3,7-9,12-17H2,1-2H3,(H,25,29)(H,26,30)/t20-,24+/m0/s1. The zero-order chi connectivity index (χ0) is 22.3. The largest absolute Gasteiger partial charge is 0.376 e. The maximum absolute atomic E-state index is 13.3. The van der Waals surface area contributed by atoms with Crippen molar-refractivity contribution < 1.29 is 19.1 Å². The van der Waals surface area contributed by atoms with E-state index in [0.717, 1.165) is 38.5 Å². The van der Waals surface area contributed by atoms with Crippen LogP contribution < -0.4 is 10.6 Å². The summed E-state index contributed by atoms with van der Waals surface area (Å²) >= 11 is 0. The fraction of sp³-hybridized carbons (Fsp3) is 0.625. The molecule has 1 saturated heterocycles. The minimum absolute atomic E-state index is 0.0843. The number of hydrogen-bond acceptors (Lipinski definition) is 4. The van der Waals surface area contributed by atoms with E-state index in [1.165, 1.54) is 0 Å². The van der Waals surface area contributed by atoms with Gasteiger partial charge in [-0.3, -0.25) is 14.4 Å². The monoisotopic (exact) mass is 429 g/mol. The van der Waals surface area contributed by atoms with Gasteiger partial charge in [0.25, 0.3) is 5.91 Å². The second kappa shape index (κ2) is 10.8. The first-order valence-corrected chi connectivity index (χ1v) is 11.5. The first-order chi connectivity index (χ1) is 14.9. The Hall–Kier alpha value is -2.41. The van der Waals surface area contributed by atoms with Crippen LogP contribution in [0.25, 0.3) is 0 Å². The lowest BCUT2D eigenvalue weighted by atomic mass is 9.93. The third-order valence-corrected chi connectivity index (χ3v) is 6.61. The van der Waals surface area contributed by atoms with Crippen molar-refractivity contribution in [3.63, 3.8) is 0 Å². The summed E-state index contributed by atoms with van der Waals surface area (Å²) in [5.74, 6) is -0.701. The van der Waals surface area contributed by atoms with E-state index in [0.29, 0.717) is 25.1 Å². The van der Waals surface area contributed by atoms with Crippen LogP contribution in [-0.4, -0.2) is 60.0 Å². The van der Waals surface area contributed by atoms with Gasteiger partial charge in [0, 0.05) is 24.8 Å². The lowest BCUT2D eigenvalue weighted by Crippen LogP contribution is -2.62. The zero-order valence-electron chi connectivity index (χ0n) is 18.7. The first kappa shape index (κ1) is 23.3. The number of hydrogen-bond donors (Lipinski definition) is 2. The van der Waals surface area contributed by atoms with Gasteiger partial charge in [-0.2, -0.15) is 0 Å². The fourth-order valence-electron chi connectivity index (χ4n) is 4.40. The Balaban J connectivity index is 1.72. The zero-order valence-corrected chi connectivity index (χ0v) is 18.7. The minimum atomic E-state index is -0.997. The van der Waals surface area contributed by atoms with Crippen molar-refractivity contribution >= 4 is 17.7 Å². The topological polar surface area (TPSA) is 87.7 Å². The van der Waals surface area contributed by atoms with Crippen molar-refractivity contribution in [3.8, 4) is 0 Å². The summed E-state index contributed by atoms with van der Waals surface area (Å²) in [5, 5.41) is 5.87. The number of amides is 3. The van der Waals surface area contributed by atoms with Crippen LogP contribution in [0.15, 0.2) is 30.3 Å². The molecule has 2 N–H and O–H groups in total. The predicted molar refractivity (Wildman–Crippen MR) is 119 cm³/mol. The fourth-order valence-corrected chi connectivity index (χ4v) is 4.40. The molecule has 0 aromatic heterocycles. The molecule has 1 aliphatic carbocycles. The van der Waals surface area contributed by atoms with Gasteiger partial charge in [-0.05, 0) is 51.2 Å². The second-order valence-electron chi connectivity index (χ2n) is 8.77. The van der Waals surface area contributed by atoms with Crippen LogP contribution in [0.4, 0.5) is 0 Å². The molecule has 0 unspecified atom stereocenters. The Kier molecular flexibility index (Phi) is 8.07. The molecule has 1 heterocycles. The maximum Gasteiger partial charge on any atom is 0.251 e. The molecule has 1 aromatic carbocycles. The lowest BCUT2D eigenvalue weighted by molar-refractivity contribution is -0.149. The third-order valence-electron chi connectivity index (χ3n) is 6.61. The Bertz CT molecular complexity index is 757. The van der Waals surface area contributed by atoms with Gasteiger partial charge in [0.1, 0.15) is 5.54 Å². The summed E-state index contributed by atoms with van der Waals surface area (Å²) in [4.78, 5) is 40.6. The van der Waals surface area contributed by atoms with E-state index in [1.807, 2.05) is 19.9 Å². The normalized spacial score (nSPS) is 20.8. The Morgan fingerprint density at radius 1 is 1.10 bits per heavy atom. The molecule has 3 amide bonds. The molecule has 0 spiro atoms. The average molecular weight is 430 g/mol. The van der Waals surface area contributed by atoms with Crippen molar-refractivity contribution in [2.24, 2.45) is 0 Å². The summed E-state index contributed by atoms with van der Waals surface area (Å²) < 4.78 is 5.77. The van der Waals surface area contributed by atoms with E-state index < -0.39 is 5.54 Å². The number of benzene rings is 1. The third kappa shape index (κ3) is 5.85. The molecule has 3 rings (SSSR count). The molecule has 2 aliphatic rings. The maximum atomic E-state index is 13.3. The highest BCUT2D eigenvalue weighted by Gasteiger charge is 2.42. The molecule has 31 heavy (non-hydrogen) atoms. The van der Waals surface area contributed by atoms with E-state index in [1.54, 1.807) is 29.2 Å². The van der Waals surface area contributed by atoms with Crippen LogP contribution in [0, 0.1) is 0 Å². The molecule has 1 aliphatic heterocycles. The number of nitrogens with one attached hydrogen (secondary N) is 2. The van der Waals surface area contributed by atoms with Crippen molar-refractivity contribution in [1.29, 1.82) is 0 Å². The van der Waals surface area contributed by atoms with Gasteiger partial charge in [-0.15, -0.1) is 0 Å². The molecule has 1 saturated carbocycles. The molecule has 2 fully saturated rings. The highest BCUT2D eigenvalue weighted by molar-refractivity contribution is 5.97. The second-order valence-corrected chi connectivity index (χ2v) is 8.77. The van der Waals surface area contributed by atoms with Crippen LogP contribution in [0.2, 0.25) is 0 Å². The van der Waals surface area contributed by atoms with Crippen molar-refractivity contribution in [2.75, 3.05) is 19.7 Å². The highest BCUT2D eigenvalue weighted by atomic mass is 16.5. The predicted octanol–water partition coefficient (Wildman–Crippen LogP) is 2.65. The Labute approximate surface area is 184 Å². The quantitative estimate of drug-likeness (QED) is 0.632. The van der Waals surface area contributed by atoms with Crippen LogP contribution in [0.3, 0.4) is 0 Å². The van der Waals surface area contributed by atoms with Crippen LogP contribution in [0.1, 0.15) is 69.2 Å². The average Bonchev–Trinajstić information content (AvgIpc) is 3.50. The van der Waals surface area contributed by atoms with Gasteiger partial charge < -0.3 is 20.3 Å². The van der Waals surface area contributed by atoms with E-state index in [-0.39, 0.29) is 36.4 Å². The molecular weight excluding hydrogens is 394 g/mol. The SMILES string of the molecule is CC[C@](C)(C(=O)NC1CCCC1)N(C[C@@H]1CCCO1)C(=O)CNC(=O)c1ccccc1. The molecule has 7 nitrogen and oxygen atoms in total. The summed E-state index contributed by atoms with van der Waals surface area (Å²) in [7, 11) is 0. The smallest absolute Gasteiger partial charge is 0.251 e. The molecular formula is C24H35N3O4. The van der Waals surface area contributed by atoms with E-state index >= 15 is 0 Å². The van der Waals surface area contributed by atoms with E-state index in [4.69, 9.17) is 4.74 Å². The summed E-state index contributed by atoms with van der Waals surface area (Å²) in [6.45, 7) is 4.61. The molecule has 0 radical (unpaired) electrons. The van der Waals surface area contributed by atoms with E-state index in [9.17, 15) is 14.4 Å². The molecule has 2 atom stereocenters. The number of carbonyl (C=O) groups is 3. The molecule has 0 bridgehead atoms. The summed E-state index contributed by atoms with van der Waals surface area (Å²) in [6.07, 6.45) is 6.43. The van der Waals surface area contributed by atoms with Gasteiger partial charge in [0.05, 0.1) is 12.6 Å². The van der Waals surface area contributed by atoms with Gasteiger partial charge in [-0.25, -0.2) is 0 Å². The number of nitrogens with zero attached hydrogens (tertiary/aromatic N) is 1. The Morgan fingerprint density at radius 3 is 2.42 bits per heavy atom. The number of ether oxygens (including phenoxy) is 1. The molecule has 7 heteroatoms. The Morgan fingerprint density at radius 2 is 1.81 bits per heavy atom. The van der Waals surface area contributed by atoms with Gasteiger partial charge in [-0.1, -0.05) is 38.0 Å². The summed E-state index contributed by atoms with van der Waals surface area (Å²) in [6, 6.07) is 8.98. The van der Waals surface area contributed by atoms with Crippen LogP contribution in [-0.2, 0) is 14.3 Å².